The Labute approximate surface area is 101 Å². The van der Waals surface area contributed by atoms with Crippen LogP contribution in [0.3, 0.4) is 0 Å². The number of carboxylic acid groups (broad SMARTS) is 1. The lowest BCUT2D eigenvalue weighted by molar-refractivity contribution is -0.134. The van der Waals surface area contributed by atoms with Gasteiger partial charge in [-0.15, -0.1) is 0 Å². The third kappa shape index (κ3) is 99.5. The molecule has 0 rings (SSSR count). The lowest BCUT2D eigenvalue weighted by Crippen LogP contribution is -2.20. The summed E-state index contributed by atoms with van der Waals surface area (Å²) in [5, 5.41) is 13.5. The van der Waals surface area contributed by atoms with Crippen molar-refractivity contribution >= 4 is 58.3 Å². The molecular formula is C5H9Cl4N3O2. The van der Waals surface area contributed by atoms with E-state index in [1.807, 2.05) is 0 Å². The first kappa shape index (κ1) is 19.2. The number of aliphatic carboxylic acids is 1. The molecule has 0 aliphatic rings. The summed E-state index contributed by atoms with van der Waals surface area (Å²) in [5.74, 6) is -1.17. The lowest BCUT2D eigenvalue weighted by atomic mass is 10.9. The molecule has 6 N–H and O–H groups in total. The van der Waals surface area contributed by atoms with Crippen LogP contribution in [0.2, 0.25) is 0 Å². The van der Waals surface area contributed by atoms with Gasteiger partial charge in [0, 0.05) is 6.92 Å². The fourth-order valence-corrected chi connectivity index (χ4v) is 0. The van der Waals surface area contributed by atoms with Gasteiger partial charge in [-0.2, -0.15) is 0 Å². The summed E-state index contributed by atoms with van der Waals surface area (Å²) in [7, 11) is 0. The van der Waals surface area contributed by atoms with Crippen LogP contribution in [0.5, 0.6) is 0 Å². The molecule has 0 amide bonds. The highest BCUT2D eigenvalue weighted by atomic mass is 35.5. The molecular weight excluding hydrogens is 276 g/mol. The van der Waals surface area contributed by atoms with E-state index in [0.717, 1.165) is 6.92 Å². The van der Waals surface area contributed by atoms with E-state index >= 15 is 0 Å². The van der Waals surface area contributed by atoms with Gasteiger partial charge in [-0.05, 0) is 0 Å². The van der Waals surface area contributed by atoms with Crippen LogP contribution in [0.15, 0.2) is 8.98 Å². The van der Waals surface area contributed by atoms with Gasteiger partial charge in [0.05, 0.1) is 0 Å². The van der Waals surface area contributed by atoms with Gasteiger partial charge in [0.25, 0.3) is 5.97 Å². The zero-order valence-corrected chi connectivity index (χ0v) is 10.0. The maximum Gasteiger partial charge on any atom is 0.300 e. The molecule has 0 aromatic heterocycles. The zero-order valence-electron chi connectivity index (χ0n) is 7.02. The van der Waals surface area contributed by atoms with E-state index in [0.29, 0.717) is 0 Å². The molecule has 0 bridgehead atoms. The molecule has 5 nitrogen and oxygen atoms in total. The molecule has 0 aliphatic carbocycles. The first-order valence-corrected chi connectivity index (χ1v) is 4.27. The fraction of sp³-hybridized carbons (Fsp3) is 0.200. The Balaban J connectivity index is -0.000000135. The van der Waals surface area contributed by atoms with E-state index in [4.69, 9.17) is 61.7 Å². The summed E-state index contributed by atoms with van der Waals surface area (Å²) in [5.41, 5.74) is 8.94. The van der Waals surface area contributed by atoms with Gasteiger partial charge in [0.15, 0.2) is 5.96 Å². The number of hydrogen-bond acceptors (Lipinski definition) is 2. The predicted molar refractivity (Wildman–Crippen MR) is 59.8 cm³/mol. The lowest BCUT2D eigenvalue weighted by Gasteiger charge is -1.75. The van der Waals surface area contributed by atoms with Gasteiger partial charge in [-0.1, -0.05) is 46.4 Å². The summed E-state index contributed by atoms with van der Waals surface area (Å²) in [6, 6.07) is 0. The number of hydrogen-bond donors (Lipinski definition) is 4. The summed E-state index contributed by atoms with van der Waals surface area (Å²) in [6.45, 7) is 1.08. The summed E-state index contributed by atoms with van der Waals surface area (Å²) < 4.78 is -0.198. The van der Waals surface area contributed by atoms with Crippen molar-refractivity contribution in [3.63, 3.8) is 0 Å². The molecule has 0 aromatic carbocycles. The van der Waals surface area contributed by atoms with Crippen molar-refractivity contribution in [3.8, 4) is 0 Å². The van der Waals surface area contributed by atoms with E-state index in [2.05, 4.69) is 11.5 Å². The summed E-state index contributed by atoms with van der Waals surface area (Å²) >= 11 is 20.0. The number of carboxylic acids is 1. The maximum atomic E-state index is 9.00. The van der Waals surface area contributed by atoms with E-state index in [9.17, 15) is 0 Å². The first-order chi connectivity index (χ1) is 6.11. The first-order valence-electron chi connectivity index (χ1n) is 2.76. The highest BCUT2D eigenvalue weighted by molar-refractivity contribution is 6.67. The van der Waals surface area contributed by atoms with Gasteiger partial charge >= 0.3 is 0 Å². The standard InChI is InChI=1S/C2Cl4.C2H4O2.CH5N3/c3-1(4)2(5)6;1-2(3)4;2-1(3)4/h;1H3,(H,3,4);(H5,2,3,4). The number of carbonyl (C=O) groups is 1. The van der Waals surface area contributed by atoms with Crippen LogP contribution in [-0.2, 0) is 4.79 Å². The zero-order chi connectivity index (χ0) is 12.3. The molecule has 0 unspecified atom stereocenters. The second-order valence-electron chi connectivity index (χ2n) is 1.50. The molecule has 0 fully saturated rings. The normalized spacial score (nSPS) is 6.93. The topological polar surface area (TPSA) is 113 Å². The average Bonchev–Trinajstić information content (AvgIpc) is 1.83. The Morgan fingerprint density at radius 2 is 1.21 bits per heavy atom. The fourth-order valence-electron chi connectivity index (χ4n) is 0. The van der Waals surface area contributed by atoms with Gasteiger partial charge in [0.2, 0.25) is 0 Å². The largest absolute Gasteiger partial charge is 0.481 e. The molecule has 0 saturated heterocycles. The Morgan fingerprint density at radius 3 is 1.21 bits per heavy atom. The Morgan fingerprint density at radius 1 is 1.14 bits per heavy atom. The molecule has 0 radical (unpaired) electrons. The minimum Gasteiger partial charge on any atom is -0.481 e. The summed E-state index contributed by atoms with van der Waals surface area (Å²) in [6.07, 6.45) is 0. The number of nitrogens with one attached hydrogen (secondary N) is 1. The van der Waals surface area contributed by atoms with Crippen molar-refractivity contribution < 1.29 is 9.90 Å². The molecule has 0 spiro atoms. The van der Waals surface area contributed by atoms with E-state index in [-0.39, 0.29) is 14.9 Å². The Bertz CT molecular complexity index is 181. The van der Waals surface area contributed by atoms with Crippen molar-refractivity contribution in [1.29, 1.82) is 5.41 Å². The highest BCUT2D eigenvalue weighted by Crippen LogP contribution is 2.20. The van der Waals surface area contributed by atoms with Crippen molar-refractivity contribution in [3.05, 3.63) is 8.98 Å². The van der Waals surface area contributed by atoms with Gasteiger partial charge in [-0.25, -0.2) is 0 Å². The highest BCUT2D eigenvalue weighted by Gasteiger charge is 1.88. The summed E-state index contributed by atoms with van der Waals surface area (Å²) in [4.78, 5) is 9.00. The second-order valence-corrected chi connectivity index (χ2v) is 3.39. The molecule has 0 aliphatic heterocycles. The van der Waals surface area contributed by atoms with Crippen molar-refractivity contribution in [1.82, 2.24) is 0 Å². The Kier molecular flexibility index (Phi) is 17.4. The smallest absolute Gasteiger partial charge is 0.300 e. The van der Waals surface area contributed by atoms with E-state index in [1.54, 1.807) is 0 Å². The van der Waals surface area contributed by atoms with Crippen molar-refractivity contribution in [2.45, 2.75) is 6.92 Å². The van der Waals surface area contributed by atoms with Crippen LogP contribution in [0, 0.1) is 5.41 Å². The molecule has 0 aromatic rings. The minimum absolute atomic E-state index is 0.0988. The Hall–Kier alpha value is -0.360. The molecule has 0 saturated carbocycles. The van der Waals surface area contributed by atoms with Crippen LogP contribution in [0.4, 0.5) is 0 Å². The van der Waals surface area contributed by atoms with Gasteiger partial charge in [0.1, 0.15) is 8.98 Å². The molecule has 9 heteroatoms. The monoisotopic (exact) mass is 283 g/mol. The molecule has 0 atom stereocenters. The predicted octanol–water partition coefficient (Wildman–Crippen LogP) is 2.00. The van der Waals surface area contributed by atoms with Crippen LogP contribution in [0.1, 0.15) is 6.92 Å². The minimum atomic E-state index is -0.833. The van der Waals surface area contributed by atoms with Gasteiger partial charge in [-0.3, -0.25) is 10.2 Å². The molecule has 0 heterocycles. The second kappa shape index (κ2) is 12.6. The van der Waals surface area contributed by atoms with Gasteiger partial charge < -0.3 is 16.6 Å². The number of halogens is 4. The molecule has 84 valence electrons. The van der Waals surface area contributed by atoms with Crippen LogP contribution in [0.25, 0.3) is 0 Å². The molecule has 14 heavy (non-hydrogen) atoms. The number of nitrogens with two attached hydrogens (primary N) is 2. The van der Waals surface area contributed by atoms with Crippen molar-refractivity contribution in [2.75, 3.05) is 0 Å². The SMILES string of the molecule is CC(=O)O.ClC(Cl)=C(Cl)Cl.N=C(N)N. The number of guanidine groups is 1. The maximum absolute atomic E-state index is 9.00. The van der Waals surface area contributed by atoms with Crippen LogP contribution < -0.4 is 11.5 Å². The average molecular weight is 285 g/mol. The van der Waals surface area contributed by atoms with E-state index in [1.165, 1.54) is 0 Å². The quantitative estimate of drug-likeness (QED) is 0.402. The third-order valence-electron chi connectivity index (χ3n) is 0.143. The number of rotatable bonds is 0. The third-order valence-corrected chi connectivity index (χ3v) is 1.29. The van der Waals surface area contributed by atoms with Crippen LogP contribution in [-0.4, -0.2) is 17.0 Å². The van der Waals surface area contributed by atoms with Crippen LogP contribution >= 0.6 is 46.4 Å². The van der Waals surface area contributed by atoms with Crippen molar-refractivity contribution in [2.24, 2.45) is 11.5 Å². The van der Waals surface area contributed by atoms with E-state index < -0.39 is 5.97 Å².